The monoisotopic (exact) mass is 405 g/mol. The zero-order valence-corrected chi connectivity index (χ0v) is 16.4. The second-order valence-electron chi connectivity index (χ2n) is 6.36. The number of methoxy groups -OCH3 is 1. The highest BCUT2D eigenvalue weighted by Crippen LogP contribution is 2.33. The average molecular weight is 406 g/mol. The first-order chi connectivity index (χ1) is 14.2. The Balaban J connectivity index is 1.78. The standard InChI is InChI=1S/C20H16ClN7O/c1-22-19-14-10-24-15(13-11-25-27-7-3-6-23-20(13)27)9-16(14)28(26-19)17-8-12(21)4-5-18(17)29-2/h3-11H,1-2H3,(H,22,26). The van der Waals surface area contributed by atoms with Crippen LogP contribution in [0, 0.1) is 0 Å². The minimum Gasteiger partial charge on any atom is -0.494 e. The molecule has 1 aromatic carbocycles. The quantitative estimate of drug-likeness (QED) is 0.489. The SMILES string of the molecule is CNc1nn(-c2cc(Cl)ccc2OC)c2cc(-c3cnn4cccnc34)ncc12. The summed E-state index contributed by atoms with van der Waals surface area (Å²) in [5, 5.41) is 13.7. The Morgan fingerprint density at radius 2 is 2.03 bits per heavy atom. The van der Waals surface area contributed by atoms with Crippen LogP contribution in [0.5, 0.6) is 5.75 Å². The van der Waals surface area contributed by atoms with Gasteiger partial charge in [-0.15, -0.1) is 5.10 Å². The fourth-order valence-corrected chi connectivity index (χ4v) is 3.53. The number of pyridine rings is 1. The molecular formula is C20H16ClN7O. The van der Waals surface area contributed by atoms with Gasteiger partial charge in [0.15, 0.2) is 11.5 Å². The van der Waals surface area contributed by atoms with Crippen molar-refractivity contribution in [2.45, 2.75) is 0 Å². The predicted octanol–water partition coefficient (Wildman–Crippen LogP) is 3.83. The minimum absolute atomic E-state index is 0.594. The number of anilines is 1. The lowest BCUT2D eigenvalue weighted by atomic mass is 10.2. The van der Waals surface area contributed by atoms with E-state index in [1.165, 1.54) is 0 Å². The van der Waals surface area contributed by atoms with E-state index >= 15 is 0 Å². The second kappa shape index (κ2) is 6.75. The molecule has 0 fully saturated rings. The molecular weight excluding hydrogens is 390 g/mol. The predicted molar refractivity (Wildman–Crippen MR) is 112 cm³/mol. The van der Waals surface area contributed by atoms with Gasteiger partial charge >= 0.3 is 0 Å². The van der Waals surface area contributed by atoms with Crippen LogP contribution in [0.3, 0.4) is 0 Å². The topological polar surface area (TPSA) is 82.2 Å². The van der Waals surface area contributed by atoms with Crippen LogP contribution in [0.25, 0.3) is 33.5 Å². The zero-order chi connectivity index (χ0) is 20.0. The fraction of sp³-hybridized carbons (Fsp3) is 0.100. The minimum atomic E-state index is 0.594. The van der Waals surface area contributed by atoms with Crippen molar-refractivity contribution >= 4 is 34.0 Å². The van der Waals surface area contributed by atoms with Gasteiger partial charge in [-0.1, -0.05) is 11.6 Å². The highest BCUT2D eigenvalue weighted by Gasteiger charge is 2.18. The Bertz CT molecular complexity index is 1360. The van der Waals surface area contributed by atoms with Crippen molar-refractivity contribution in [3.05, 3.63) is 60.1 Å². The Labute approximate surface area is 170 Å². The van der Waals surface area contributed by atoms with E-state index in [1.807, 2.05) is 37.5 Å². The number of nitrogens with zero attached hydrogens (tertiary/aromatic N) is 6. The van der Waals surface area contributed by atoms with Crippen LogP contribution in [-0.4, -0.2) is 43.5 Å². The van der Waals surface area contributed by atoms with Gasteiger partial charge in [0.2, 0.25) is 0 Å². The van der Waals surface area contributed by atoms with Crippen LogP contribution >= 0.6 is 11.6 Å². The van der Waals surface area contributed by atoms with Crippen LogP contribution in [0.4, 0.5) is 5.82 Å². The molecule has 0 spiro atoms. The van der Waals surface area contributed by atoms with Crippen molar-refractivity contribution in [2.24, 2.45) is 0 Å². The first kappa shape index (κ1) is 17.4. The normalized spacial score (nSPS) is 11.3. The van der Waals surface area contributed by atoms with Gasteiger partial charge in [0.25, 0.3) is 0 Å². The molecule has 0 bridgehead atoms. The Kier molecular flexibility index (Phi) is 4.06. The number of fused-ring (bicyclic) bond motifs is 2. The van der Waals surface area contributed by atoms with Crippen molar-refractivity contribution in [3.8, 4) is 22.7 Å². The van der Waals surface area contributed by atoms with E-state index in [0.29, 0.717) is 16.6 Å². The number of hydrogen-bond donors (Lipinski definition) is 1. The van der Waals surface area contributed by atoms with Crippen LogP contribution in [0.15, 0.2) is 55.1 Å². The number of aromatic nitrogens is 6. The molecule has 0 aliphatic heterocycles. The van der Waals surface area contributed by atoms with Gasteiger partial charge in [0, 0.05) is 30.7 Å². The molecule has 4 aromatic heterocycles. The first-order valence-corrected chi connectivity index (χ1v) is 9.26. The van der Waals surface area contributed by atoms with Gasteiger partial charge in [-0.25, -0.2) is 14.2 Å². The molecule has 9 heteroatoms. The van der Waals surface area contributed by atoms with Crippen molar-refractivity contribution in [2.75, 3.05) is 19.5 Å². The average Bonchev–Trinajstić information content (AvgIpc) is 3.34. The smallest absolute Gasteiger partial charge is 0.164 e. The Hall–Kier alpha value is -3.65. The molecule has 0 saturated heterocycles. The molecule has 0 saturated carbocycles. The Morgan fingerprint density at radius 3 is 2.86 bits per heavy atom. The number of benzene rings is 1. The third-order valence-electron chi connectivity index (χ3n) is 4.73. The molecule has 0 amide bonds. The molecule has 0 atom stereocenters. The summed E-state index contributed by atoms with van der Waals surface area (Å²) in [4.78, 5) is 9.06. The summed E-state index contributed by atoms with van der Waals surface area (Å²) in [6, 6.07) is 9.23. The molecule has 5 rings (SSSR count). The molecule has 0 aliphatic rings. The van der Waals surface area contributed by atoms with E-state index in [-0.39, 0.29) is 0 Å². The van der Waals surface area contributed by atoms with Gasteiger partial charge in [0.05, 0.1) is 35.5 Å². The summed E-state index contributed by atoms with van der Waals surface area (Å²) < 4.78 is 9.05. The van der Waals surface area contributed by atoms with E-state index in [4.69, 9.17) is 21.4 Å². The maximum Gasteiger partial charge on any atom is 0.164 e. The van der Waals surface area contributed by atoms with Crippen molar-refractivity contribution in [1.82, 2.24) is 29.4 Å². The Morgan fingerprint density at radius 1 is 1.14 bits per heavy atom. The van der Waals surface area contributed by atoms with Crippen LogP contribution in [0.2, 0.25) is 5.02 Å². The summed E-state index contributed by atoms with van der Waals surface area (Å²) in [7, 11) is 3.44. The lowest BCUT2D eigenvalue weighted by molar-refractivity contribution is 0.412. The maximum absolute atomic E-state index is 6.25. The maximum atomic E-state index is 6.25. The fourth-order valence-electron chi connectivity index (χ4n) is 3.36. The zero-order valence-electron chi connectivity index (χ0n) is 15.7. The van der Waals surface area contributed by atoms with E-state index < -0.39 is 0 Å². The van der Waals surface area contributed by atoms with Gasteiger partial charge in [-0.05, 0) is 30.3 Å². The van der Waals surface area contributed by atoms with Crippen molar-refractivity contribution < 1.29 is 4.74 Å². The first-order valence-electron chi connectivity index (χ1n) is 8.89. The second-order valence-corrected chi connectivity index (χ2v) is 6.80. The molecule has 8 nitrogen and oxygen atoms in total. The molecule has 29 heavy (non-hydrogen) atoms. The number of ether oxygens (including phenoxy) is 1. The third-order valence-corrected chi connectivity index (χ3v) is 4.96. The third kappa shape index (κ3) is 2.76. The molecule has 5 aromatic rings. The van der Waals surface area contributed by atoms with E-state index in [2.05, 4.69) is 20.4 Å². The highest BCUT2D eigenvalue weighted by atomic mass is 35.5. The molecule has 144 valence electrons. The molecule has 0 unspecified atom stereocenters. The number of hydrogen-bond acceptors (Lipinski definition) is 6. The van der Waals surface area contributed by atoms with Crippen molar-refractivity contribution in [3.63, 3.8) is 0 Å². The summed E-state index contributed by atoms with van der Waals surface area (Å²) in [6.45, 7) is 0. The molecule has 1 N–H and O–H groups in total. The van der Waals surface area contributed by atoms with Gasteiger partial charge < -0.3 is 10.1 Å². The molecule has 0 radical (unpaired) electrons. The van der Waals surface area contributed by atoms with Crippen LogP contribution in [0.1, 0.15) is 0 Å². The number of nitrogens with one attached hydrogen (secondary N) is 1. The van der Waals surface area contributed by atoms with Crippen LogP contribution < -0.4 is 10.1 Å². The largest absolute Gasteiger partial charge is 0.494 e. The molecule has 4 heterocycles. The van der Waals surface area contributed by atoms with E-state index in [0.717, 1.165) is 33.5 Å². The molecule has 0 aliphatic carbocycles. The number of rotatable bonds is 4. The van der Waals surface area contributed by atoms with Gasteiger partial charge in [-0.3, -0.25) is 4.98 Å². The summed E-state index contributed by atoms with van der Waals surface area (Å²) in [5.74, 6) is 1.37. The van der Waals surface area contributed by atoms with Crippen LogP contribution in [-0.2, 0) is 0 Å². The van der Waals surface area contributed by atoms with E-state index in [1.54, 1.807) is 41.0 Å². The van der Waals surface area contributed by atoms with Gasteiger partial charge in [-0.2, -0.15) is 5.10 Å². The lowest BCUT2D eigenvalue weighted by Gasteiger charge is -2.10. The summed E-state index contributed by atoms with van der Waals surface area (Å²) >= 11 is 6.25. The van der Waals surface area contributed by atoms with Gasteiger partial charge in [0.1, 0.15) is 11.4 Å². The lowest BCUT2D eigenvalue weighted by Crippen LogP contribution is -2.01. The van der Waals surface area contributed by atoms with E-state index in [9.17, 15) is 0 Å². The summed E-state index contributed by atoms with van der Waals surface area (Å²) in [5.41, 5.74) is 3.91. The summed E-state index contributed by atoms with van der Waals surface area (Å²) in [6.07, 6.45) is 7.14. The van der Waals surface area contributed by atoms with Crippen molar-refractivity contribution in [1.29, 1.82) is 0 Å². The highest BCUT2D eigenvalue weighted by molar-refractivity contribution is 6.30. The number of halogens is 1.